The quantitative estimate of drug-likeness (QED) is 0.720. The number of aromatic nitrogens is 2. The lowest BCUT2D eigenvalue weighted by atomic mass is 10.0. The van der Waals surface area contributed by atoms with Gasteiger partial charge in [-0.15, -0.1) is 0 Å². The standard InChI is InChI=1S/C14H24ClN3O/c1-4-5-6-11-8-13(18-14(15)17-11)16-12(9-19)7-10(2)3/h8,10,12,19H,4-7,9H2,1-3H3,(H,16,17,18). The SMILES string of the molecule is CCCCc1cc(NC(CO)CC(C)C)nc(Cl)n1. The fourth-order valence-corrected chi connectivity index (χ4v) is 2.18. The van der Waals surface area contributed by atoms with Crippen molar-refractivity contribution in [2.75, 3.05) is 11.9 Å². The average Bonchev–Trinajstić information content (AvgIpc) is 2.34. The van der Waals surface area contributed by atoms with Crippen LogP contribution in [0.25, 0.3) is 0 Å². The lowest BCUT2D eigenvalue weighted by Gasteiger charge is -2.19. The molecule has 0 aliphatic carbocycles. The van der Waals surface area contributed by atoms with Gasteiger partial charge in [0.1, 0.15) is 5.82 Å². The molecule has 1 unspecified atom stereocenters. The van der Waals surface area contributed by atoms with Crippen molar-refractivity contribution in [3.63, 3.8) is 0 Å². The van der Waals surface area contributed by atoms with Gasteiger partial charge in [-0.05, 0) is 36.8 Å². The average molecular weight is 286 g/mol. The minimum absolute atomic E-state index is 0.00462. The van der Waals surface area contributed by atoms with Crippen molar-refractivity contribution in [2.24, 2.45) is 5.92 Å². The van der Waals surface area contributed by atoms with Crippen LogP contribution in [0.3, 0.4) is 0 Å². The van der Waals surface area contributed by atoms with E-state index in [1.54, 1.807) is 0 Å². The van der Waals surface area contributed by atoms with E-state index in [0.29, 0.717) is 11.7 Å². The molecule has 1 atom stereocenters. The molecule has 1 heterocycles. The second kappa shape index (κ2) is 8.33. The van der Waals surface area contributed by atoms with Crippen molar-refractivity contribution in [3.8, 4) is 0 Å². The summed E-state index contributed by atoms with van der Waals surface area (Å²) in [6.45, 7) is 6.49. The monoisotopic (exact) mass is 285 g/mol. The van der Waals surface area contributed by atoms with Crippen LogP contribution < -0.4 is 5.32 Å². The predicted molar refractivity (Wildman–Crippen MR) is 79.6 cm³/mol. The van der Waals surface area contributed by atoms with Gasteiger partial charge in [-0.1, -0.05) is 27.2 Å². The molecule has 1 rings (SSSR count). The van der Waals surface area contributed by atoms with Crippen LogP contribution in [0.1, 0.15) is 45.7 Å². The lowest BCUT2D eigenvalue weighted by molar-refractivity contribution is 0.259. The number of unbranched alkanes of at least 4 members (excludes halogenated alkanes) is 1. The molecule has 108 valence electrons. The molecule has 0 saturated carbocycles. The normalized spacial score (nSPS) is 12.7. The number of hydrogen-bond acceptors (Lipinski definition) is 4. The number of anilines is 1. The molecule has 0 bridgehead atoms. The topological polar surface area (TPSA) is 58.0 Å². The Morgan fingerprint density at radius 3 is 2.68 bits per heavy atom. The van der Waals surface area contributed by atoms with Crippen LogP contribution in [0.2, 0.25) is 5.28 Å². The Balaban J connectivity index is 2.73. The summed E-state index contributed by atoms with van der Waals surface area (Å²) in [6.07, 6.45) is 4.00. The van der Waals surface area contributed by atoms with E-state index in [-0.39, 0.29) is 17.9 Å². The van der Waals surface area contributed by atoms with Gasteiger partial charge in [-0.3, -0.25) is 0 Å². The van der Waals surface area contributed by atoms with Crippen LogP contribution in [0.4, 0.5) is 5.82 Å². The number of nitrogens with zero attached hydrogens (tertiary/aromatic N) is 2. The third-order valence-corrected chi connectivity index (χ3v) is 3.04. The molecule has 0 aliphatic heterocycles. The first kappa shape index (κ1) is 16.2. The third-order valence-electron chi connectivity index (χ3n) is 2.87. The van der Waals surface area contributed by atoms with Gasteiger partial charge in [0.2, 0.25) is 5.28 Å². The molecule has 0 saturated heterocycles. The number of hydrogen-bond donors (Lipinski definition) is 2. The summed E-state index contributed by atoms with van der Waals surface area (Å²) in [5.41, 5.74) is 0.950. The molecule has 1 aromatic rings. The van der Waals surface area contributed by atoms with E-state index >= 15 is 0 Å². The number of aryl methyl sites for hydroxylation is 1. The Labute approximate surface area is 120 Å². The zero-order chi connectivity index (χ0) is 14.3. The van der Waals surface area contributed by atoms with E-state index < -0.39 is 0 Å². The van der Waals surface area contributed by atoms with Crippen molar-refractivity contribution < 1.29 is 5.11 Å². The largest absolute Gasteiger partial charge is 0.394 e. The maximum Gasteiger partial charge on any atom is 0.224 e. The first-order valence-electron chi connectivity index (χ1n) is 6.96. The summed E-state index contributed by atoms with van der Waals surface area (Å²) >= 11 is 5.94. The van der Waals surface area contributed by atoms with Crippen LogP contribution in [-0.4, -0.2) is 27.7 Å². The van der Waals surface area contributed by atoms with Gasteiger partial charge in [0.05, 0.1) is 12.6 Å². The highest BCUT2D eigenvalue weighted by molar-refractivity contribution is 6.28. The molecule has 0 radical (unpaired) electrons. The minimum Gasteiger partial charge on any atom is -0.394 e. The molecule has 19 heavy (non-hydrogen) atoms. The van der Waals surface area contributed by atoms with Gasteiger partial charge in [0.15, 0.2) is 0 Å². The molecule has 1 aromatic heterocycles. The second-order valence-electron chi connectivity index (χ2n) is 5.27. The molecule has 0 aliphatic rings. The van der Waals surface area contributed by atoms with Crippen molar-refractivity contribution in [2.45, 2.75) is 52.5 Å². The zero-order valence-corrected chi connectivity index (χ0v) is 12.7. The van der Waals surface area contributed by atoms with E-state index in [0.717, 1.165) is 31.4 Å². The van der Waals surface area contributed by atoms with Gasteiger partial charge in [0.25, 0.3) is 0 Å². The van der Waals surface area contributed by atoms with Crippen LogP contribution in [0.5, 0.6) is 0 Å². The second-order valence-corrected chi connectivity index (χ2v) is 5.61. The van der Waals surface area contributed by atoms with E-state index in [1.807, 2.05) is 6.07 Å². The molecule has 0 fully saturated rings. The number of aliphatic hydroxyl groups is 1. The summed E-state index contributed by atoms with van der Waals surface area (Å²) in [7, 11) is 0. The van der Waals surface area contributed by atoms with Crippen molar-refractivity contribution in [3.05, 3.63) is 17.0 Å². The van der Waals surface area contributed by atoms with E-state index in [2.05, 4.69) is 36.1 Å². The van der Waals surface area contributed by atoms with Gasteiger partial charge in [0, 0.05) is 11.8 Å². The lowest BCUT2D eigenvalue weighted by Crippen LogP contribution is -2.26. The Bertz CT molecular complexity index is 385. The van der Waals surface area contributed by atoms with Gasteiger partial charge in [-0.2, -0.15) is 0 Å². The van der Waals surface area contributed by atoms with E-state index in [1.165, 1.54) is 0 Å². The highest BCUT2D eigenvalue weighted by Gasteiger charge is 2.11. The minimum atomic E-state index is 0.00462. The Morgan fingerprint density at radius 2 is 2.11 bits per heavy atom. The van der Waals surface area contributed by atoms with Crippen molar-refractivity contribution in [1.82, 2.24) is 9.97 Å². The summed E-state index contributed by atoms with van der Waals surface area (Å²) in [5, 5.41) is 12.9. The molecule has 2 N–H and O–H groups in total. The third kappa shape index (κ3) is 6.21. The fraction of sp³-hybridized carbons (Fsp3) is 0.714. The first-order valence-corrected chi connectivity index (χ1v) is 7.33. The molecule has 0 spiro atoms. The van der Waals surface area contributed by atoms with Crippen LogP contribution in [-0.2, 0) is 6.42 Å². The van der Waals surface area contributed by atoms with Crippen molar-refractivity contribution in [1.29, 1.82) is 0 Å². The molecule has 5 heteroatoms. The van der Waals surface area contributed by atoms with Gasteiger partial charge in [-0.25, -0.2) is 9.97 Å². The van der Waals surface area contributed by atoms with Crippen molar-refractivity contribution >= 4 is 17.4 Å². The predicted octanol–water partition coefficient (Wildman–Crippen LogP) is 3.29. The fourth-order valence-electron chi connectivity index (χ4n) is 1.98. The summed E-state index contributed by atoms with van der Waals surface area (Å²) in [5.74, 6) is 1.22. The molecule has 0 aromatic carbocycles. The van der Waals surface area contributed by atoms with E-state index in [9.17, 15) is 5.11 Å². The highest BCUT2D eigenvalue weighted by atomic mass is 35.5. The first-order chi connectivity index (χ1) is 9.05. The number of nitrogens with one attached hydrogen (secondary N) is 1. The zero-order valence-electron chi connectivity index (χ0n) is 12.0. The Hall–Kier alpha value is -0.870. The van der Waals surface area contributed by atoms with Crippen LogP contribution >= 0.6 is 11.6 Å². The summed E-state index contributed by atoms with van der Waals surface area (Å²) in [4.78, 5) is 8.39. The Kier molecular flexibility index (Phi) is 7.10. The van der Waals surface area contributed by atoms with Gasteiger partial charge < -0.3 is 10.4 Å². The molecule has 4 nitrogen and oxygen atoms in total. The van der Waals surface area contributed by atoms with Gasteiger partial charge >= 0.3 is 0 Å². The maximum absolute atomic E-state index is 9.38. The summed E-state index contributed by atoms with van der Waals surface area (Å²) in [6, 6.07) is 1.93. The Morgan fingerprint density at radius 1 is 1.37 bits per heavy atom. The number of aliphatic hydroxyl groups excluding tert-OH is 1. The molecular formula is C14H24ClN3O. The number of halogens is 1. The van der Waals surface area contributed by atoms with E-state index in [4.69, 9.17) is 11.6 Å². The number of rotatable bonds is 8. The van der Waals surface area contributed by atoms with Crippen LogP contribution in [0, 0.1) is 5.92 Å². The van der Waals surface area contributed by atoms with Crippen LogP contribution in [0.15, 0.2) is 6.07 Å². The highest BCUT2D eigenvalue weighted by Crippen LogP contribution is 2.15. The summed E-state index contributed by atoms with van der Waals surface area (Å²) < 4.78 is 0. The smallest absolute Gasteiger partial charge is 0.224 e. The molecular weight excluding hydrogens is 262 g/mol. The molecule has 0 amide bonds. The maximum atomic E-state index is 9.38.